The predicted octanol–water partition coefficient (Wildman–Crippen LogP) is 1.32. The van der Waals surface area contributed by atoms with Crippen LogP contribution < -0.4 is 10.6 Å². The van der Waals surface area contributed by atoms with E-state index in [1.54, 1.807) is 18.2 Å². The number of rotatable bonds is 5. The van der Waals surface area contributed by atoms with Crippen molar-refractivity contribution >= 4 is 11.8 Å². The number of hydrogen-bond donors (Lipinski definition) is 2. The first-order valence-electron chi connectivity index (χ1n) is 7.42. The molecule has 1 aromatic heterocycles. The Morgan fingerprint density at radius 2 is 2.04 bits per heavy atom. The lowest BCUT2D eigenvalue weighted by Gasteiger charge is -2.07. The zero-order chi connectivity index (χ0) is 16.4. The third-order valence-electron chi connectivity index (χ3n) is 3.66. The van der Waals surface area contributed by atoms with Gasteiger partial charge in [-0.1, -0.05) is 18.2 Å². The summed E-state index contributed by atoms with van der Waals surface area (Å²) in [5, 5.41) is 9.50. The van der Waals surface area contributed by atoms with Gasteiger partial charge < -0.3 is 10.6 Å². The molecule has 7 heteroatoms. The lowest BCUT2D eigenvalue weighted by molar-refractivity contribution is 0.0940. The molecule has 2 amide bonds. The Balaban J connectivity index is 1.90. The second-order valence-corrected chi connectivity index (χ2v) is 5.49. The minimum atomic E-state index is -0.380. The largest absolute Gasteiger partial charge is 0.354 e. The monoisotopic (exact) mass is 316 g/mol. The van der Waals surface area contributed by atoms with Crippen LogP contribution in [0.2, 0.25) is 0 Å². The van der Waals surface area contributed by atoms with Crippen LogP contribution in [-0.2, 0) is 6.54 Å². The summed E-state index contributed by atoms with van der Waals surface area (Å²) in [6.07, 6.45) is 1.92. The van der Waals surface area contributed by atoms with Crippen molar-refractivity contribution in [2.45, 2.75) is 25.4 Å². The van der Waals surface area contributed by atoms with Crippen LogP contribution in [0, 0.1) is 5.82 Å². The fourth-order valence-electron chi connectivity index (χ4n) is 2.23. The Bertz CT molecular complexity index is 752. The predicted molar refractivity (Wildman–Crippen MR) is 81.6 cm³/mol. The molecule has 6 nitrogen and oxygen atoms in total. The highest BCUT2D eigenvalue weighted by Crippen LogP contribution is 2.19. The van der Waals surface area contributed by atoms with E-state index >= 15 is 0 Å². The molecule has 3 rings (SSSR count). The molecule has 0 spiro atoms. The first kappa shape index (κ1) is 15.2. The summed E-state index contributed by atoms with van der Waals surface area (Å²) in [6.45, 7) is 0.0755. The van der Waals surface area contributed by atoms with Gasteiger partial charge in [-0.3, -0.25) is 14.3 Å². The van der Waals surface area contributed by atoms with Gasteiger partial charge in [-0.05, 0) is 18.9 Å². The number of carbonyl (C=O) groups is 2. The lowest BCUT2D eigenvalue weighted by atomic mass is 10.2. The number of amides is 2. The molecule has 2 aromatic rings. The lowest BCUT2D eigenvalue weighted by Crippen LogP contribution is -2.26. The van der Waals surface area contributed by atoms with E-state index in [4.69, 9.17) is 0 Å². The van der Waals surface area contributed by atoms with Crippen LogP contribution in [0.5, 0.6) is 0 Å². The minimum absolute atomic E-state index is 0.0755. The first-order valence-corrected chi connectivity index (χ1v) is 7.42. The molecule has 1 aliphatic carbocycles. The van der Waals surface area contributed by atoms with Crippen molar-refractivity contribution in [3.05, 3.63) is 53.1 Å². The highest BCUT2D eigenvalue weighted by molar-refractivity contribution is 5.98. The van der Waals surface area contributed by atoms with E-state index in [9.17, 15) is 14.0 Å². The summed E-state index contributed by atoms with van der Waals surface area (Å²) in [7, 11) is 1.49. The number of nitrogens with one attached hydrogen (secondary N) is 2. The molecule has 23 heavy (non-hydrogen) atoms. The number of aromatic nitrogens is 2. The fraction of sp³-hybridized carbons (Fsp3) is 0.312. The molecule has 1 fully saturated rings. The Hall–Kier alpha value is -2.70. The van der Waals surface area contributed by atoms with Gasteiger partial charge in [-0.2, -0.15) is 5.10 Å². The van der Waals surface area contributed by atoms with Gasteiger partial charge in [0, 0.05) is 24.7 Å². The van der Waals surface area contributed by atoms with Gasteiger partial charge in [0.15, 0.2) is 5.69 Å². The average Bonchev–Trinajstić information content (AvgIpc) is 3.26. The maximum Gasteiger partial charge on any atom is 0.272 e. The summed E-state index contributed by atoms with van der Waals surface area (Å²) < 4.78 is 15.2. The smallest absolute Gasteiger partial charge is 0.272 e. The van der Waals surface area contributed by atoms with E-state index in [0.717, 1.165) is 12.8 Å². The molecule has 0 aliphatic heterocycles. The molecule has 1 aromatic carbocycles. The van der Waals surface area contributed by atoms with Crippen LogP contribution in [0.4, 0.5) is 4.39 Å². The third kappa shape index (κ3) is 3.39. The van der Waals surface area contributed by atoms with Crippen LogP contribution in [0.3, 0.4) is 0 Å². The number of halogens is 1. The van der Waals surface area contributed by atoms with Gasteiger partial charge in [-0.25, -0.2) is 4.39 Å². The normalized spacial score (nSPS) is 13.7. The summed E-state index contributed by atoms with van der Waals surface area (Å²) in [6, 6.07) is 7.89. The average molecular weight is 316 g/mol. The van der Waals surface area contributed by atoms with Crippen molar-refractivity contribution in [1.82, 2.24) is 20.4 Å². The molecule has 120 valence electrons. The molecule has 0 radical (unpaired) electrons. The molecule has 0 unspecified atom stereocenters. The van der Waals surface area contributed by atoms with Gasteiger partial charge in [0.2, 0.25) is 0 Å². The number of benzene rings is 1. The molecule has 1 heterocycles. The van der Waals surface area contributed by atoms with E-state index in [-0.39, 0.29) is 41.6 Å². The summed E-state index contributed by atoms with van der Waals surface area (Å²) in [5.74, 6) is -1.07. The molecule has 1 aliphatic rings. The Labute approximate surface area is 132 Å². The molecule has 1 saturated carbocycles. The molecule has 2 N–H and O–H groups in total. The molecule has 0 bridgehead atoms. The molecule has 0 atom stereocenters. The van der Waals surface area contributed by atoms with Crippen molar-refractivity contribution < 1.29 is 14.0 Å². The zero-order valence-corrected chi connectivity index (χ0v) is 12.7. The number of hydrogen-bond acceptors (Lipinski definition) is 3. The Kier molecular flexibility index (Phi) is 4.10. The second-order valence-electron chi connectivity index (χ2n) is 5.49. The maximum atomic E-state index is 13.8. The first-order chi connectivity index (χ1) is 11.1. The highest BCUT2D eigenvalue weighted by atomic mass is 19.1. The van der Waals surface area contributed by atoms with Gasteiger partial charge in [0.1, 0.15) is 11.5 Å². The van der Waals surface area contributed by atoms with E-state index in [1.165, 1.54) is 23.9 Å². The van der Waals surface area contributed by atoms with Crippen LogP contribution in [0.15, 0.2) is 30.3 Å². The van der Waals surface area contributed by atoms with E-state index in [0.29, 0.717) is 5.56 Å². The molecular formula is C16H17FN4O2. The van der Waals surface area contributed by atoms with Gasteiger partial charge in [0.25, 0.3) is 11.8 Å². The van der Waals surface area contributed by atoms with Crippen LogP contribution >= 0.6 is 0 Å². The Morgan fingerprint density at radius 3 is 2.70 bits per heavy atom. The number of nitrogens with zero attached hydrogens (tertiary/aromatic N) is 2. The maximum absolute atomic E-state index is 13.8. The van der Waals surface area contributed by atoms with Crippen molar-refractivity contribution in [3.63, 3.8) is 0 Å². The summed E-state index contributed by atoms with van der Waals surface area (Å²) >= 11 is 0. The second kappa shape index (κ2) is 6.20. The van der Waals surface area contributed by atoms with Crippen molar-refractivity contribution in [3.8, 4) is 0 Å². The van der Waals surface area contributed by atoms with Crippen molar-refractivity contribution in [2.24, 2.45) is 0 Å². The zero-order valence-electron chi connectivity index (χ0n) is 12.7. The Morgan fingerprint density at radius 1 is 1.30 bits per heavy atom. The number of carbonyl (C=O) groups excluding carboxylic acids is 2. The quantitative estimate of drug-likeness (QED) is 0.873. The van der Waals surface area contributed by atoms with Crippen LogP contribution in [0.25, 0.3) is 0 Å². The van der Waals surface area contributed by atoms with Gasteiger partial charge >= 0.3 is 0 Å². The third-order valence-corrected chi connectivity index (χ3v) is 3.66. The van der Waals surface area contributed by atoms with Crippen molar-refractivity contribution in [2.75, 3.05) is 7.05 Å². The molecule has 0 saturated heterocycles. The van der Waals surface area contributed by atoms with Crippen LogP contribution in [-0.4, -0.2) is 34.7 Å². The van der Waals surface area contributed by atoms with E-state index in [2.05, 4.69) is 15.7 Å². The minimum Gasteiger partial charge on any atom is -0.354 e. The molecular weight excluding hydrogens is 299 g/mol. The van der Waals surface area contributed by atoms with Crippen molar-refractivity contribution in [1.29, 1.82) is 0 Å². The topological polar surface area (TPSA) is 76.0 Å². The van der Waals surface area contributed by atoms with E-state index < -0.39 is 0 Å². The summed E-state index contributed by atoms with van der Waals surface area (Å²) in [5.41, 5.74) is 0.776. The van der Waals surface area contributed by atoms with Crippen LogP contribution in [0.1, 0.15) is 39.4 Å². The van der Waals surface area contributed by atoms with E-state index in [1.807, 2.05) is 0 Å². The highest BCUT2D eigenvalue weighted by Gasteiger charge is 2.26. The SMILES string of the molecule is CNC(=O)c1cc(C(=O)NC2CC2)nn1Cc1ccccc1F. The fourth-order valence-corrected chi connectivity index (χ4v) is 2.23. The van der Waals surface area contributed by atoms with Gasteiger partial charge in [0.05, 0.1) is 6.54 Å². The standard InChI is InChI=1S/C16H17FN4O2/c1-18-16(23)14-8-13(15(22)19-11-6-7-11)20-21(14)9-10-4-2-3-5-12(10)17/h2-5,8,11H,6-7,9H2,1H3,(H,18,23)(H,19,22). The van der Waals surface area contributed by atoms with Gasteiger partial charge in [-0.15, -0.1) is 0 Å². The summed E-state index contributed by atoms with van der Waals surface area (Å²) in [4.78, 5) is 24.1.